The van der Waals surface area contributed by atoms with E-state index in [1.807, 2.05) is 6.92 Å². The van der Waals surface area contributed by atoms with E-state index in [0.717, 1.165) is 0 Å². The maximum Gasteiger partial charge on any atom is 0.373 e. The largest absolute Gasteiger partial charge is 0.493 e. The molecule has 2 aromatic rings. The first kappa shape index (κ1) is 20.4. The van der Waals surface area contributed by atoms with E-state index in [0.29, 0.717) is 34.5 Å². The van der Waals surface area contributed by atoms with Crippen LogP contribution < -0.4 is 9.47 Å². The Kier molecular flexibility index (Phi) is 7.31. The molecule has 2 rings (SSSR count). The normalized spacial score (nSPS) is 10.7. The molecule has 0 N–H and O–H groups in total. The van der Waals surface area contributed by atoms with Gasteiger partial charge in [0, 0.05) is 6.08 Å². The fourth-order valence-corrected chi connectivity index (χ4v) is 2.41. The first-order valence-corrected chi connectivity index (χ1v) is 8.38. The van der Waals surface area contributed by atoms with Crippen molar-refractivity contribution in [3.05, 3.63) is 52.4 Å². The molecular weight excluding hydrogens is 376 g/mol. The Labute approximate surface area is 161 Å². The van der Waals surface area contributed by atoms with Crippen molar-refractivity contribution in [2.45, 2.75) is 13.5 Å². The van der Waals surface area contributed by atoms with Crippen molar-refractivity contribution in [1.82, 2.24) is 0 Å². The second-order valence-electron chi connectivity index (χ2n) is 5.17. The molecule has 1 aromatic heterocycles. The summed E-state index contributed by atoms with van der Waals surface area (Å²) in [4.78, 5) is 23.2. The van der Waals surface area contributed by atoms with Crippen LogP contribution in [-0.2, 0) is 20.9 Å². The first-order valence-electron chi connectivity index (χ1n) is 8.00. The van der Waals surface area contributed by atoms with Gasteiger partial charge in [-0.3, -0.25) is 0 Å². The van der Waals surface area contributed by atoms with Crippen LogP contribution in [0.4, 0.5) is 0 Å². The lowest BCUT2D eigenvalue weighted by Crippen LogP contribution is -2.01. The van der Waals surface area contributed by atoms with Crippen molar-refractivity contribution >= 4 is 29.6 Å². The van der Waals surface area contributed by atoms with E-state index in [2.05, 4.69) is 4.74 Å². The van der Waals surface area contributed by atoms with Crippen LogP contribution in [0.1, 0.15) is 28.8 Å². The second kappa shape index (κ2) is 9.68. The highest BCUT2D eigenvalue weighted by molar-refractivity contribution is 6.32. The highest BCUT2D eigenvalue weighted by atomic mass is 35.5. The third kappa shape index (κ3) is 5.52. The maximum atomic E-state index is 11.9. The smallest absolute Gasteiger partial charge is 0.373 e. The lowest BCUT2D eigenvalue weighted by Gasteiger charge is -2.11. The van der Waals surface area contributed by atoms with Crippen LogP contribution in [-0.4, -0.2) is 32.8 Å². The zero-order valence-electron chi connectivity index (χ0n) is 15.1. The molecule has 8 heteroatoms. The van der Waals surface area contributed by atoms with Gasteiger partial charge in [-0.1, -0.05) is 11.6 Å². The Morgan fingerprint density at radius 3 is 2.67 bits per heavy atom. The summed E-state index contributed by atoms with van der Waals surface area (Å²) < 4.78 is 25.5. The summed E-state index contributed by atoms with van der Waals surface area (Å²) in [6, 6.07) is 6.31. The summed E-state index contributed by atoms with van der Waals surface area (Å²) in [6.07, 6.45) is 2.78. The van der Waals surface area contributed by atoms with Gasteiger partial charge in [0.05, 0.1) is 25.8 Å². The monoisotopic (exact) mass is 394 g/mol. The van der Waals surface area contributed by atoms with Gasteiger partial charge < -0.3 is 23.4 Å². The lowest BCUT2D eigenvalue weighted by atomic mass is 10.2. The van der Waals surface area contributed by atoms with E-state index >= 15 is 0 Å². The van der Waals surface area contributed by atoms with Gasteiger partial charge in [0.15, 0.2) is 11.5 Å². The Balaban J connectivity index is 1.99. The highest BCUT2D eigenvalue weighted by Crippen LogP contribution is 2.36. The summed E-state index contributed by atoms with van der Waals surface area (Å²) in [5.41, 5.74) is 0.642. The molecule has 0 bridgehead atoms. The van der Waals surface area contributed by atoms with E-state index in [1.54, 1.807) is 12.1 Å². The van der Waals surface area contributed by atoms with Gasteiger partial charge in [0.1, 0.15) is 12.4 Å². The summed E-state index contributed by atoms with van der Waals surface area (Å²) in [5, 5.41) is 0.371. The highest BCUT2D eigenvalue weighted by Gasteiger charge is 2.13. The van der Waals surface area contributed by atoms with Gasteiger partial charge in [-0.25, -0.2) is 9.59 Å². The number of carbonyl (C=O) groups excluding carboxylic acids is 2. The molecule has 0 saturated carbocycles. The SMILES string of the molecule is CCOc1c(Cl)cc(/C=C/C(=O)OCc2ccc(C(=O)OC)o2)cc1OC. The van der Waals surface area contributed by atoms with Gasteiger partial charge in [-0.05, 0) is 42.8 Å². The number of hydrogen-bond acceptors (Lipinski definition) is 7. The molecule has 0 aliphatic heterocycles. The molecule has 0 saturated heterocycles. The van der Waals surface area contributed by atoms with Crippen LogP contribution in [0.3, 0.4) is 0 Å². The van der Waals surface area contributed by atoms with Gasteiger partial charge in [-0.15, -0.1) is 0 Å². The Bertz CT molecular complexity index is 839. The predicted octanol–water partition coefficient (Wildman–Crippen LogP) is 3.88. The molecule has 1 aromatic carbocycles. The minimum atomic E-state index is -0.603. The average molecular weight is 395 g/mol. The van der Waals surface area contributed by atoms with Crippen LogP contribution in [0.15, 0.2) is 34.8 Å². The molecule has 0 unspecified atom stereocenters. The molecule has 0 amide bonds. The Morgan fingerprint density at radius 2 is 2.00 bits per heavy atom. The molecule has 0 radical (unpaired) electrons. The van der Waals surface area contributed by atoms with E-state index < -0.39 is 11.9 Å². The van der Waals surface area contributed by atoms with Crippen LogP contribution in [0, 0.1) is 0 Å². The summed E-state index contributed by atoms with van der Waals surface area (Å²) in [6.45, 7) is 2.17. The van der Waals surface area contributed by atoms with Crippen molar-refractivity contribution in [1.29, 1.82) is 0 Å². The fourth-order valence-electron chi connectivity index (χ4n) is 2.14. The number of furan rings is 1. The van der Waals surface area contributed by atoms with E-state index in [1.165, 1.54) is 38.5 Å². The molecule has 1 heterocycles. The van der Waals surface area contributed by atoms with Crippen molar-refractivity contribution in [3.63, 3.8) is 0 Å². The summed E-state index contributed by atoms with van der Waals surface area (Å²) >= 11 is 6.18. The quantitative estimate of drug-likeness (QED) is 0.496. The van der Waals surface area contributed by atoms with Crippen LogP contribution in [0.5, 0.6) is 11.5 Å². The third-order valence-corrected chi connectivity index (χ3v) is 3.64. The molecule has 0 aliphatic rings. The number of benzene rings is 1. The van der Waals surface area contributed by atoms with Gasteiger partial charge >= 0.3 is 11.9 Å². The van der Waals surface area contributed by atoms with Gasteiger partial charge in [0.25, 0.3) is 0 Å². The van der Waals surface area contributed by atoms with Crippen LogP contribution in [0.25, 0.3) is 6.08 Å². The first-order chi connectivity index (χ1) is 13.0. The van der Waals surface area contributed by atoms with E-state index in [9.17, 15) is 9.59 Å². The predicted molar refractivity (Wildman–Crippen MR) is 98.1 cm³/mol. The molecule has 0 fully saturated rings. The minimum Gasteiger partial charge on any atom is -0.493 e. The number of ether oxygens (including phenoxy) is 4. The van der Waals surface area contributed by atoms with Gasteiger partial charge in [-0.2, -0.15) is 0 Å². The Morgan fingerprint density at radius 1 is 1.22 bits per heavy atom. The Hall–Kier alpha value is -2.93. The minimum absolute atomic E-state index is 0.0372. The zero-order valence-corrected chi connectivity index (χ0v) is 15.9. The molecule has 0 atom stereocenters. The van der Waals surface area contributed by atoms with Crippen LogP contribution >= 0.6 is 11.6 Å². The fraction of sp³-hybridized carbons (Fsp3) is 0.263. The number of halogens is 1. The van der Waals surface area contributed by atoms with Crippen LogP contribution in [0.2, 0.25) is 5.02 Å². The van der Waals surface area contributed by atoms with E-state index in [4.69, 9.17) is 30.2 Å². The van der Waals surface area contributed by atoms with E-state index in [-0.39, 0.29) is 12.4 Å². The lowest BCUT2D eigenvalue weighted by molar-refractivity contribution is -0.139. The molecule has 0 spiro atoms. The number of rotatable bonds is 8. The molecule has 0 aliphatic carbocycles. The van der Waals surface area contributed by atoms with Crippen molar-refractivity contribution < 1.29 is 33.0 Å². The standard InChI is InChI=1S/C19H19ClO7/c1-4-25-18-14(20)9-12(10-16(18)23-2)5-8-17(21)26-11-13-6-7-15(27-13)19(22)24-3/h5-10H,4,11H2,1-3H3/b8-5+. The second-order valence-corrected chi connectivity index (χ2v) is 5.57. The van der Waals surface area contributed by atoms with Crippen molar-refractivity contribution in [3.8, 4) is 11.5 Å². The average Bonchev–Trinajstić information content (AvgIpc) is 3.14. The molecule has 144 valence electrons. The number of hydrogen-bond donors (Lipinski definition) is 0. The van der Waals surface area contributed by atoms with Crippen molar-refractivity contribution in [2.75, 3.05) is 20.8 Å². The third-order valence-electron chi connectivity index (χ3n) is 3.36. The van der Waals surface area contributed by atoms with Gasteiger partial charge in [0.2, 0.25) is 5.76 Å². The topological polar surface area (TPSA) is 84.2 Å². The summed E-state index contributed by atoms with van der Waals surface area (Å²) in [5.74, 6) is 0.0749. The number of esters is 2. The molecular formula is C19H19ClO7. The number of methoxy groups -OCH3 is 2. The number of carbonyl (C=O) groups is 2. The summed E-state index contributed by atoms with van der Waals surface area (Å²) in [7, 11) is 2.75. The maximum absolute atomic E-state index is 11.9. The molecule has 7 nitrogen and oxygen atoms in total. The molecule has 27 heavy (non-hydrogen) atoms. The zero-order chi connectivity index (χ0) is 19.8. The van der Waals surface area contributed by atoms with Crippen molar-refractivity contribution in [2.24, 2.45) is 0 Å².